The number of rotatable bonds is 12. The van der Waals surface area contributed by atoms with E-state index < -0.39 is 24.6 Å². The van der Waals surface area contributed by atoms with Crippen molar-refractivity contribution < 1.29 is 37.3 Å². The smallest absolute Gasteiger partial charge is 0.406 e. The predicted octanol–water partition coefficient (Wildman–Crippen LogP) is 5.27. The summed E-state index contributed by atoms with van der Waals surface area (Å²) in [5.41, 5.74) is 2.50. The van der Waals surface area contributed by atoms with E-state index in [0.29, 0.717) is 54.8 Å². The van der Waals surface area contributed by atoms with Gasteiger partial charge in [-0.25, -0.2) is 15.0 Å². The Morgan fingerprint density at radius 1 is 1.09 bits per heavy atom. The van der Waals surface area contributed by atoms with E-state index in [1.54, 1.807) is 18.3 Å². The lowest BCUT2D eigenvalue weighted by atomic mass is 9.94. The number of ether oxygens (including phenoxy) is 2. The molecule has 0 spiro atoms. The van der Waals surface area contributed by atoms with Crippen molar-refractivity contribution in [3.63, 3.8) is 0 Å². The molecule has 232 valence electrons. The lowest BCUT2D eigenvalue weighted by molar-refractivity contribution is -0.137. The number of carbonyl (C=O) groups is 2. The number of amides is 1. The van der Waals surface area contributed by atoms with Crippen molar-refractivity contribution in [2.24, 2.45) is 5.92 Å². The van der Waals surface area contributed by atoms with Crippen LogP contribution in [0.5, 0.6) is 11.6 Å². The van der Waals surface area contributed by atoms with Gasteiger partial charge in [0.25, 0.3) is 5.91 Å². The van der Waals surface area contributed by atoms with Gasteiger partial charge in [-0.15, -0.1) is 0 Å². The molecule has 0 bridgehead atoms. The Balaban J connectivity index is 1.27. The minimum atomic E-state index is -4.67. The lowest BCUT2D eigenvalue weighted by Gasteiger charge is -2.35. The largest absolute Gasteiger partial charge is 0.497 e. The first-order chi connectivity index (χ1) is 21.1. The first-order valence-corrected chi connectivity index (χ1v) is 14.2. The van der Waals surface area contributed by atoms with E-state index in [4.69, 9.17) is 9.47 Å². The highest BCUT2D eigenvalue weighted by molar-refractivity contribution is 6.09. The SMILES string of the molecule is COc1ccc(C(=O)N(CC(F)(F)F)c2ncccn2)c(N2CCC(COc3cc(C(CC(=O)O)C4=CC4)ccn3)CC2)c1. The molecule has 1 aliphatic carbocycles. The van der Waals surface area contributed by atoms with Gasteiger partial charge < -0.3 is 19.5 Å². The summed E-state index contributed by atoms with van der Waals surface area (Å²) >= 11 is 0. The van der Waals surface area contributed by atoms with Gasteiger partial charge in [0.15, 0.2) is 0 Å². The second-order valence-corrected chi connectivity index (χ2v) is 10.7. The highest BCUT2D eigenvalue weighted by Gasteiger charge is 2.37. The van der Waals surface area contributed by atoms with Crippen molar-refractivity contribution in [2.75, 3.05) is 43.2 Å². The maximum absolute atomic E-state index is 13.6. The van der Waals surface area contributed by atoms with Crippen LogP contribution in [0, 0.1) is 5.92 Å². The fraction of sp³-hybridized carbons (Fsp3) is 0.387. The van der Waals surface area contributed by atoms with Crippen LogP contribution in [0.15, 0.2) is 66.6 Å². The molecule has 3 heterocycles. The zero-order valence-corrected chi connectivity index (χ0v) is 24.0. The monoisotopic (exact) mass is 611 g/mol. The summed E-state index contributed by atoms with van der Waals surface area (Å²) in [7, 11) is 1.48. The number of hydrogen-bond donors (Lipinski definition) is 1. The number of piperidine rings is 1. The van der Waals surface area contributed by atoms with Crippen LogP contribution in [-0.2, 0) is 4.79 Å². The molecule has 44 heavy (non-hydrogen) atoms. The fourth-order valence-electron chi connectivity index (χ4n) is 5.31. The Hall–Kier alpha value is -4.68. The number of allylic oxidation sites excluding steroid dienone is 2. The van der Waals surface area contributed by atoms with Crippen LogP contribution in [0.25, 0.3) is 0 Å². The van der Waals surface area contributed by atoms with Crippen LogP contribution < -0.4 is 19.3 Å². The van der Waals surface area contributed by atoms with E-state index >= 15 is 0 Å². The van der Waals surface area contributed by atoms with E-state index in [0.717, 1.165) is 17.6 Å². The van der Waals surface area contributed by atoms with Gasteiger partial charge in [0.2, 0.25) is 11.8 Å². The van der Waals surface area contributed by atoms with Crippen LogP contribution in [0.1, 0.15) is 47.5 Å². The second-order valence-electron chi connectivity index (χ2n) is 10.7. The Morgan fingerprint density at radius 2 is 1.82 bits per heavy atom. The molecule has 2 aliphatic rings. The number of aliphatic carboxylic acids is 1. The predicted molar refractivity (Wildman–Crippen MR) is 155 cm³/mol. The summed E-state index contributed by atoms with van der Waals surface area (Å²) in [6.07, 6.45) is 3.77. The topological polar surface area (TPSA) is 118 Å². The van der Waals surface area contributed by atoms with Crippen LogP contribution in [0.2, 0.25) is 0 Å². The number of pyridine rings is 1. The van der Waals surface area contributed by atoms with Gasteiger partial charge in [0, 0.05) is 49.7 Å². The summed E-state index contributed by atoms with van der Waals surface area (Å²) in [5, 5.41) is 9.31. The van der Waals surface area contributed by atoms with Crippen molar-refractivity contribution in [2.45, 2.75) is 37.8 Å². The molecule has 1 fully saturated rings. The molecule has 1 unspecified atom stereocenters. The van der Waals surface area contributed by atoms with Gasteiger partial charge in [0.05, 0.1) is 31.4 Å². The molecule has 1 aromatic carbocycles. The first-order valence-electron chi connectivity index (χ1n) is 14.2. The summed E-state index contributed by atoms with van der Waals surface area (Å²) in [4.78, 5) is 39.5. The normalized spacial score (nSPS) is 15.7. The van der Waals surface area contributed by atoms with Gasteiger partial charge in [-0.1, -0.05) is 11.6 Å². The molecule has 1 atom stereocenters. The lowest BCUT2D eigenvalue weighted by Crippen LogP contribution is -2.42. The van der Waals surface area contributed by atoms with Crippen LogP contribution in [0.4, 0.5) is 24.8 Å². The van der Waals surface area contributed by atoms with Crippen molar-refractivity contribution >= 4 is 23.5 Å². The first kappa shape index (κ1) is 30.8. The van der Waals surface area contributed by atoms with Gasteiger partial charge in [-0.3, -0.25) is 14.5 Å². The van der Waals surface area contributed by atoms with Crippen LogP contribution >= 0.6 is 0 Å². The fourth-order valence-corrected chi connectivity index (χ4v) is 5.31. The maximum Gasteiger partial charge on any atom is 0.406 e. The van der Waals surface area contributed by atoms with Gasteiger partial charge >= 0.3 is 12.1 Å². The summed E-state index contributed by atoms with van der Waals surface area (Å²) in [5.74, 6) is -1.21. The number of hydrogen-bond acceptors (Lipinski definition) is 8. The number of alkyl halides is 3. The average Bonchev–Trinajstić information content (AvgIpc) is 3.87. The summed E-state index contributed by atoms with van der Waals surface area (Å²) < 4.78 is 51.9. The van der Waals surface area contributed by atoms with Crippen LogP contribution in [0.3, 0.4) is 0 Å². The van der Waals surface area contributed by atoms with Gasteiger partial charge in [0.1, 0.15) is 12.3 Å². The van der Waals surface area contributed by atoms with E-state index in [2.05, 4.69) is 15.0 Å². The minimum absolute atomic E-state index is 0.00878. The Labute approximate surface area is 252 Å². The van der Waals surface area contributed by atoms with Crippen molar-refractivity contribution in [1.29, 1.82) is 0 Å². The molecular formula is C31H32F3N5O5. The average molecular weight is 612 g/mol. The second kappa shape index (κ2) is 13.3. The molecule has 3 aromatic rings. The summed E-state index contributed by atoms with van der Waals surface area (Å²) in [6, 6.07) is 9.72. The van der Waals surface area contributed by atoms with Gasteiger partial charge in [-0.05, 0) is 55.0 Å². The van der Waals surface area contributed by atoms with E-state index in [1.807, 2.05) is 17.0 Å². The molecule has 1 amide bonds. The molecule has 5 rings (SSSR count). The third-order valence-corrected chi connectivity index (χ3v) is 7.66. The van der Waals surface area contributed by atoms with Gasteiger partial charge in [-0.2, -0.15) is 13.2 Å². The zero-order chi connectivity index (χ0) is 31.3. The Kier molecular flexibility index (Phi) is 9.31. The molecule has 10 nitrogen and oxygen atoms in total. The molecule has 2 aromatic heterocycles. The van der Waals surface area contributed by atoms with Crippen molar-refractivity contribution in [1.82, 2.24) is 15.0 Å². The van der Waals surface area contributed by atoms with Crippen molar-refractivity contribution in [3.8, 4) is 11.6 Å². The molecule has 0 saturated carbocycles. The summed E-state index contributed by atoms with van der Waals surface area (Å²) in [6.45, 7) is -0.0778. The number of halogens is 3. The number of aromatic nitrogens is 3. The Bertz CT molecular complexity index is 1510. The van der Waals surface area contributed by atoms with Crippen molar-refractivity contribution in [3.05, 3.63) is 77.8 Å². The number of benzene rings is 1. The van der Waals surface area contributed by atoms with Crippen LogP contribution in [-0.4, -0.2) is 71.5 Å². The minimum Gasteiger partial charge on any atom is -0.497 e. The molecule has 1 N–H and O–H groups in total. The molecule has 13 heteroatoms. The standard InChI is InChI=1S/C31H32F3N5O5/c1-43-23-5-6-24(29(42)39(19-31(32,33)34)30-36-10-2-11-37-30)26(16-23)38-13-8-20(9-14-38)18-44-27-15-22(7-12-35-27)25(17-28(40)41)21-3-4-21/h2-3,5-7,10-12,15-16,20,25H,4,8-9,13-14,17-19H2,1H3,(H,40,41). The third kappa shape index (κ3) is 7.82. The number of carboxylic acid groups (broad SMARTS) is 1. The number of methoxy groups -OCH3 is 1. The number of anilines is 2. The molecule has 1 saturated heterocycles. The number of carboxylic acids is 1. The molecule has 1 aliphatic heterocycles. The third-order valence-electron chi connectivity index (χ3n) is 7.66. The zero-order valence-electron chi connectivity index (χ0n) is 24.0. The van der Waals surface area contributed by atoms with E-state index in [-0.39, 0.29) is 29.8 Å². The quantitative estimate of drug-likeness (QED) is 0.273. The highest BCUT2D eigenvalue weighted by atomic mass is 19.4. The number of carbonyl (C=O) groups excluding carboxylic acids is 1. The molecule has 0 radical (unpaired) electrons. The highest BCUT2D eigenvalue weighted by Crippen LogP contribution is 2.39. The molecular weight excluding hydrogens is 579 g/mol. The van der Waals surface area contributed by atoms with E-state index in [9.17, 15) is 27.9 Å². The Morgan fingerprint density at radius 3 is 2.45 bits per heavy atom. The maximum atomic E-state index is 13.6. The number of nitrogens with zero attached hydrogens (tertiary/aromatic N) is 5. The van der Waals surface area contributed by atoms with E-state index in [1.165, 1.54) is 37.7 Å².